The van der Waals surface area contributed by atoms with Gasteiger partial charge >= 0.3 is 5.97 Å². The molecular weight excluding hydrogens is 475 g/mol. The number of carbonyl (C=O) groups is 3. The van der Waals surface area contributed by atoms with Crippen molar-refractivity contribution in [1.29, 1.82) is 0 Å². The van der Waals surface area contributed by atoms with Crippen LogP contribution in [0.2, 0.25) is 0 Å². The predicted octanol–water partition coefficient (Wildman–Crippen LogP) is 5.03. The number of carbonyl (C=O) groups excluding carboxylic acids is 3. The summed E-state index contributed by atoms with van der Waals surface area (Å²) in [5.41, 5.74) is 3.67. The lowest BCUT2D eigenvalue weighted by molar-refractivity contribution is -0.136. The first kappa shape index (κ1) is 25.4. The number of benzene rings is 3. The Balaban J connectivity index is 1.50. The number of aryl methyl sites for hydroxylation is 1. The normalized spacial score (nSPS) is 14.2. The fraction of sp³-hybridized carbons (Fsp3) is 0.138. The number of allylic oxidation sites excluding steroid dienone is 1. The maximum atomic E-state index is 13.4. The van der Waals surface area contributed by atoms with Gasteiger partial charge in [0.1, 0.15) is 11.6 Å². The fourth-order valence-corrected chi connectivity index (χ4v) is 3.96. The zero-order chi connectivity index (χ0) is 26.5. The van der Waals surface area contributed by atoms with E-state index in [0.717, 1.165) is 5.56 Å². The molecule has 0 bridgehead atoms. The molecule has 37 heavy (non-hydrogen) atoms. The molecule has 4 rings (SSSR count). The maximum Gasteiger partial charge on any atom is 0.340 e. The fourth-order valence-electron chi connectivity index (χ4n) is 3.96. The van der Waals surface area contributed by atoms with Gasteiger partial charge < -0.3 is 14.8 Å². The van der Waals surface area contributed by atoms with Crippen LogP contribution in [-0.4, -0.2) is 31.5 Å². The van der Waals surface area contributed by atoms with E-state index in [-0.39, 0.29) is 23.7 Å². The van der Waals surface area contributed by atoms with Gasteiger partial charge in [0, 0.05) is 17.1 Å². The lowest BCUT2D eigenvalue weighted by atomic mass is 10.0. The Hall–Kier alpha value is -4.72. The lowest BCUT2D eigenvalue weighted by Crippen LogP contribution is -2.24. The van der Waals surface area contributed by atoms with Crippen molar-refractivity contribution in [3.63, 3.8) is 0 Å². The molecule has 0 fully saturated rings. The maximum absolute atomic E-state index is 13.4. The predicted molar refractivity (Wildman–Crippen MR) is 138 cm³/mol. The van der Waals surface area contributed by atoms with Gasteiger partial charge in [0.2, 0.25) is 0 Å². The number of ether oxygens (including phenoxy) is 2. The third-order valence-electron chi connectivity index (χ3n) is 5.74. The Morgan fingerprint density at radius 1 is 1.00 bits per heavy atom. The summed E-state index contributed by atoms with van der Waals surface area (Å²) in [4.78, 5) is 39.6. The van der Waals surface area contributed by atoms with Gasteiger partial charge in [-0.2, -0.15) is 0 Å². The van der Waals surface area contributed by atoms with E-state index in [1.165, 1.54) is 36.3 Å². The standard InChI is InChI=1S/C29H25FN2O5/c1-18-5-4-6-23(15-18)32-19(2)27(29(35)36-3)25(28(32)34)16-20-7-13-24(14-8-20)37-17-26(33)31-22-11-9-21(30)10-12-22/h4-16H,17H2,1-3H3,(H,31,33)/b25-16-. The molecule has 0 saturated heterocycles. The highest BCUT2D eigenvalue weighted by Gasteiger charge is 2.37. The summed E-state index contributed by atoms with van der Waals surface area (Å²) in [7, 11) is 1.28. The van der Waals surface area contributed by atoms with E-state index in [1.807, 2.05) is 31.2 Å². The number of nitrogens with zero attached hydrogens (tertiary/aromatic N) is 1. The van der Waals surface area contributed by atoms with Crippen LogP contribution in [-0.2, 0) is 19.1 Å². The largest absolute Gasteiger partial charge is 0.484 e. The molecule has 1 aliphatic heterocycles. The third-order valence-corrected chi connectivity index (χ3v) is 5.74. The van der Waals surface area contributed by atoms with Crippen LogP contribution in [0.1, 0.15) is 18.1 Å². The van der Waals surface area contributed by atoms with Gasteiger partial charge in [-0.15, -0.1) is 0 Å². The van der Waals surface area contributed by atoms with Gasteiger partial charge in [0.15, 0.2) is 6.61 Å². The number of hydrogen-bond acceptors (Lipinski definition) is 5. The molecule has 7 nitrogen and oxygen atoms in total. The Labute approximate surface area is 213 Å². The van der Waals surface area contributed by atoms with Crippen molar-refractivity contribution in [2.45, 2.75) is 13.8 Å². The van der Waals surface area contributed by atoms with E-state index in [4.69, 9.17) is 9.47 Å². The Bertz CT molecular complexity index is 1410. The Kier molecular flexibility index (Phi) is 7.48. The van der Waals surface area contributed by atoms with Crippen molar-refractivity contribution in [2.24, 2.45) is 0 Å². The average Bonchev–Trinajstić information content (AvgIpc) is 3.13. The number of anilines is 2. The first-order valence-corrected chi connectivity index (χ1v) is 11.5. The van der Waals surface area contributed by atoms with Crippen LogP contribution < -0.4 is 15.0 Å². The Morgan fingerprint density at radius 3 is 2.35 bits per heavy atom. The molecule has 2 amide bonds. The quantitative estimate of drug-likeness (QED) is 0.363. The topological polar surface area (TPSA) is 84.9 Å². The molecule has 0 radical (unpaired) electrons. The van der Waals surface area contributed by atoms with Crippen LogP contribution in [0.15, 0.2) is 89.6 Å². The second-order valence-electron chi connectivity index (χ2n) is 8.40. The summed E-state index contributed by atoms with van der Waals surface area (Å²) in [5, 5.41) is 2.62. The minimum atomic E-state index is -0.598. The summed E-state index contributed by atoms with van der Waals surface area (Å²) in [6, 6.07) is 19.6. The van der Waals surface area contributed by atoms with Crippen molar-refractivity contribution in [3.05, 3.63) is 107 Å². The molecule has 1 N–H and O–H groups in total. The van der Waals surface area contributed by atoms with Gasteiger partial charge in [0.05, 0.1) is 18.3 Å². The molecule has 8 heteroatoms. The van der Waals surface area contributed by atoms with E-state index in [1.54, 1.807) is 37.3 Å². The molecule has 3 aromatic carbocycles. The summed E-state index contributed by atoms with van der Waals surface area (Å²) >= 11 is 0. The molecule has 0 unspecified atom stereocenters. The highest BCUT2D eigenvalue weighted by Crippen LogP contribution is 2.35. The zero-order valence-corrected chi connectivity index (χ0v) is 20.6. The summed E-state index contributed by atoms with van der Waals surface area (Å²) in [6.07, 6.45) is 1.62. The summed E-state index contributed by atoms with van der Waals surface area (Å²) in [5.74, 6) is -1.28. The second kappa shape index (κ2) is 10.9. The van der Waals surface area contributed by atoms with Gasteiger partial charge in [-0.3, -0.25) is 14.5 Å². The number of halogens is 1. The van der Waals surface area contributed by atoms with Crippen LogP contribution in [0.5, 0.6) is 5.75 Å². The van der Waals surface area contributed by atoms with Gasteiger partial charge in [-0.1, -0.05) is 24.3 Å². The van der Waals surface area contributed by atoms with E-state index in [9.17, 15) is 18.8 Å². The van der Waals surface area contributed by atoms with Gasteiger partial charge in [0.25, 0.3) is 11.8 Å². The number of methoxy groups -OCH3 is 1. The van der Waals surface area contributed by atoms with Crippen LogP contribution in [0.25, 0.3) is 6.08 Å². The second-order valence-corrected chi connectivity index (χ2v) is 8.40. The van der Waals surface area contributed by atoms with Gasteiger partial charge in [-0.05, 0) is 79.6 Å². The van der Waals surface area contributed by atoms with Crippen LogP contribution in [0, 0.1) is 12.7 Å². The zero-order valence-electron chi connectivity index (χ0n) is 20.6. The average molecular weight is 501 g/mol. The number of amides is 2. The Morgan fingerprint density at radius 2 is 1.70 bits per heavy atom. The van der Waals surface area contributed by atoms with Crippen molar-refractivity contribution in [2.75, 3.05) is 23.9 Å². The highest BCUT2D eigenvalue weighted by atomic mass is 19.1. The number of esters is 1. The smallest absolute Gasteiger partial charge is 0.340 e. The molecule has 0 atom stereocenters. The first-order chi connectivity index (χ1) is 17.8. The molecule has 1 aliphatic rings. The summed E-state index contributed by atoms with van der Waals surface area (Å²) < 4.78 is 23.5. The van der Waals surface area contributed by atoms with E-state index < -0.39 is 17.7 Å². The molecule has 0 aliphatic carbocycles. The number of rotatable bonds is 7. The van der Waals surface area contributed by atoms with Crippen molar-refractivity contribution >= 4 is 35.2 Å². The molecule has 0 spiro atoms. The van der Waals surface area contributed by atoms with E-state index >= 15 is 0 Å². The molecule has 188 valence electrons. The van der Waals surface area contributed by atoms with Crippen LogP contribution in [0.3, 0.4) is 0 Å². The van der Waals surface area contributed by atoms with Crippen LogP contribution in [0.4, 0.5) is 15.8 Å². The SMILES string of the molecule is COC(=O)C1=C(C)N(c2cccc(C)c2)C(=O)/C1=C\c1ccc(OCC(=O)Nc2ccc(F)cc2)cc1. The van der Waals surface area contributed by atoms with Crippen molar-refractivity contribution in [3.8, 4) is 5.75 Å². The molecular formula is C29H25FN2O5. The highest BCUT2D eigenvalue weighted by molar-refractivity contribution is 6.23. The first-order valence-electron chi connectivity index (χ1n) is 11.5. The monoisotopic (exact) mass is 500 g/mol. The number of nitrogens with one attached hydrogen (secondary N) is 1. The molecule has 0 aromatic heterocycles. The molecule has 1 heterocycles. The lowest BCUT2D eigenvalue weighted by Gasteiger charge is -2.18. The van der Waals surface area contributed by atoms with Crippen molar-refractivity contribution in [1.82, 2.24) is 0 Å². The van der Waals surface area contributed by atoms with E-state index in [0.29, 0.717) is 28.4 Å². The molecule has 3 aromatic rings. The van der Waals surface area contributed by atoms with Gasteiger partial charge in [-0.25, -0.2) is 9.18 Å². The summed E-state index contributed by atoms with van der Waals surface area (Å²) in [6.45, 7) is 3.40. The molecule has 0 saturated carbocycles. The van der Waals surface area contributed by atoms with Crippen LogP contribution >= 0.6 is 0 Å². The third kappa shape index (κ3) is 5.75. The number of hydrogen-bond donors (Lipinski definition) is 1. The van der Waals surface area contributed by atoms with Crippen molar-refractivity contribution < 1.29 is 28.2 Å². The minimum Gasteiger partial charge on any atom is -0.484 e. The van der Waals surface area contributed by atoms with E-state index in [2.05, 4.69) is 5.32 Å². The minimum absolute atomic E-state index is 0.201.